The molecule has 0 aromatic carbocycles. The Morgan fingerprint density at radius 1 is 1.53 bits per heavy atom. The normalized spacial score (nSPS) is 26.7. The van der Waals surface area contributed by atoms with E-state index in [1.807, 2.05) is 20.8 Å². The Bertz CT molecular complexity index is 240. The summed E-state index contributed by atoms with van der Waals surface area (Å²) in [6, 6.07) is -0.257. The van der Waals surface area contributed by atoms with Crippen molar-refractivity contribution in [2.24, 2.45) is 5.92 Å². The molecule has 5 heteroatoms. The number of amides is 1. The van der Waals surface area contributed by atoms with Crippen LogP contribution in [0.5, 0.6) is 0 Å². The molecule has 1 amide bonds. The Morgan fingerprint density at radius 2 is 2.13 bits per heavy atom. The topological polar surface area (TPSA) is 52.6 Å². The maximum atomic E-state index is 12.7. The summed E-state index contributed by atoms with van der Waals surface area (Å²) in [4.78, 5) is 12.5. The second-order valence-electron chi connectivity index (χ2n) is 4.96. The second-order valence-corrected chi connectivity index (χ2v) is 4.96. The van der Waals surface area contributed by atoms with Crippen LogP contribution < -0.4 is 5.32 Å². The standard InChI is InChI=1S/C10H19FN2O2/c1-10(2,3)13(9(14)15)8-6-12-5-7(8)4-11/h7-8,12H,4-6H2,1-3H3,(H,14,15)/t7-,8-/m0/s1. The Labute approximate surface area is 89.4 Å². The average Bonchev–Trinajstić information content (AvgIpc) is 2.48. The van der Waals surface area contributed by atoms with Gasteiger partial charge in [0.05, 0.1) is 12.7 Å². The van der Waals surface area contributed by atoms with E-state index in [1.165, 1.54) is 4.90 Å². The smallest absolute Gasteiger partial charge is 0.408 e. The molecule has 0 unspecified atom stereocenters. The molecule has 0 bridgehead atoms. The fourth-order valence-electron chi connectivity index (χ4n) is 2.11. The van der Waals surface area contributed by atoms with Gasteiger partial charge in [0, 0.05) is 24.5 Å². The summed E-state index contributed by atoms with van der Waals surface area (Å²) in [5.41, 5.74) is -0.490. The molecule has 1 aliphatic heterocycles. The molecule has 0 saturated carbocycles. The quantitative estimate of drug-likeness (QED) is 0.735. The maximum Gasteiger partial charge on any atom is 0.408 e. The summed E-state index contributed by atoms with van der Waals surface area (Å²) in [6.45, 7) is 6.11. The van der Waals surface area contributed by atoms with Crippen molar-refractivity contribution < 1.29 is 14.3 Å². The molecule has 1 aliphatic rings. The number of carboxylic acid groups (broad SMARTS) is 1. The number of halogens is 1. The number of hydrogen-bond acceptors (Lipinski definition) is 2. The monoisotopic (exact) mass is 218 g/mol. The third-order valence-corrected chi connectivity index (χ3v) is 2.76. The predicted octanol–water partition coefficient (Wildman–Crippen LogP) is 1.32. The average molecular weight is 218 g/mol. The van der Waals surface area contributed by atoms with E-state index in [4.69, 9.17) is 5.11 Å². The molecule has 1 heterocycles. The zero-order valence-corrected chi connectivity index (χ0v) is 9.46. The van der Waals surface area contributed by atoms with E-state index >= 15 is 0 Å². The van der Waals surface area contributed by atoms with Gasteiger partial charge in [-0.1, -0.05) is 0 Å². The maximum absolute atomic E-state index is 12.7. The summed E-state index contributed by atoms with van der Waals surface area (Å²) in [7, 11) is 0. The van der Waals surface area contributed by atoms with Crippen LogP contribution >= 0.6 is 0 Å². The van der Waals surface area contributed by atoms with Gasteiger partial charge in [0.15, 0.2) is 0 Å². The number of nitrogens with one attached hydrogen (secondary N) is 1. The van der Waals surface area contributed by atoms with Crippen molar-refractivity contribution in [3.63, 3.8) is 0 Å². The fourth-order valence-corrected chi connectivity index (χ4v) is 2.11. The van der Waals surface area contributed by atoms with E-state index in [-0.39, 0.29) is 12.0 Å². The third-order valence-electron chi connectivity index (χ3n) is 2.76. The predicted molar refractivity (Wildman–Crippen MR) is 55.7 cm³/mol. The van der Waals surface area contributed by atoms with Crippen LogP contribution in [0.3, 0.4) is 0 Å². The van der Waals surface area contributed by atoms with Gasteiger partial charge in [0.25, 0.3) is 0 Å². The third kappa shape index (κ3) is 2.59. The molecule has 1 fully saturated rings. The van der Waals surface area contributed by atoms with Crippen LogP contribution in [0.2, 0.25) is 0 Å². The molecule has 0 spiro atoms. The Hall–Kier alpha value is -0.840. The molecule has 1 rings (SSSR count). The van der Waals surface area contributed by atoms with Gasteiger partial charge in [-0.25, -0.2) is 4.79 Å². The summed E-state index contributed by atoms with van der Waals surface area (Å²) in [5.74, 6) is -0.222. The molecule has 88 valence electrons. The highest BCUT2D eigenvalue weighted by Crippen LogP contribution is 2.24. The van der Waals surface area contributed by atoms with Crippen molar-refractivity contribution in [1.82, 2.24) is 10.2 Å². The molecule has 2 N–H and O–H groups in total. The van der Waals surface area contributed by atoms with E-state index < -0.39 is 18.3 Å². The van der Waals surface area contributed by atoms with Crippen LogP contribution in [0.25, 0.3) is 0 Å². The molecule has 15 heavy (non-hydrogen) atoms. The zero-order chi connectivity index (χ0) is 11.6. The molecule has 0 aromatic rings. The first-order valence-electron chi connectivity index (χ1n) is 5.17. The van der Waals surface area contributed by atoms with E-state index in [2.05, 4.69) is 5.32 Å². The van der Waals surface area contributed by atoms with Gasteiger partial charge in [-0.15, -0.1) is 0 Å². The number of carbonyl (C=O) groups is 1. The largest absolute Gasteiger partial charge is 0.465 e. The highest BCUT2D eigenvalue weighted by atomic mass is 19.1. The van der Waals surface area contributed by atoms with Crippen LogP contribution in [-0.4, -0.2) is 47.4 Å². The van der Waals surface area contributed by atoms with E-state index in [1.54, 1.807) is 0 Å². The lowest BCUT2D eigenvalue weighted by Gasteiger charge is -2.39. The molecule has 0 aliphatic carbocycles. The molecular weight excluding hydrogens is 199 g/mol. The van der Waals surface area contributed by atoms with Crippen molar-refractivity contribution in [2.45, 2.75) is 32.4 Å². The van der Waals surface area contributed by atoms with Gasteiger partial charge in [-0.2, -0.15) is 0 Å². The van der Waals surface area contributed by atoms with Gasteiger partial charge in [0.1, 0.15) is 0 Å². The van der Waals surface area contributed by atoms with E-state index in [0.717, 1.165) is 0 Å². The molecule has 0 radical (unpaired) electrons. The second kappa shape index (κ2) is 4.35. The summed E-state index contributed by atoms with van der Waals surface area (Å²) in [6.07, 6.45) is -0.977. The van der Waals surface area contributed by atoms with Gasteiger partial charge in [-0.05, 0) is 20.8 Å². The molecule has 0 aromatic heterocycles. The van der Waals surface area contributed by atoms with E-state index in [9.17, 15) is 9.18 Å². The summed E-state index contributed by atoms with van der Waals surface area (Å²) < 4.78 is 12.7. The first-order valence-corrected chi connectivity index (χ1v) is 5.17. The van der Waals surface area contributed by atoms with Crippen molar-refractivity contribution in [1.29, 1.82) is 0 Å². The highest BCUT2D eigenvalue weighted by Gasteiger charge is 2.40. The van der Waals surface area contributed by atoms with Crippen LogP contribution in [0, 0.1) is 5.92 Å². The first-order chi connectivity index (χ1) is 6.88. The Kier molecular flexibility index (Phi) is 3.54. The first kappa shape index (κ1) is 12.2. The fraction of sp³-hybridized carbons (Fsp3) is 0.900. The lowest BCUT2D eigenvalue weighted by atomic mass is 9.97. The van der Waals surface area contributed by atoms with Crippen molar-refractivity contribution in [2.75, 3.05) is 19.8 Å². The SMILES string of the molecule is CC(C)(C)N(C(=O)O)[C@H]1CNC[C@@H]1CF. The Balaban J connectivity index is 2.85. The number of rotatable bonds is 2. The van der Waals surface area contributed by atoms with E-state index in [0.29, 0.717) is 13.1 Å². The van der Waals surface area contributed by atoms with Gasteiger partial charge in [0.2, 0.25) is 0 Å². The summed E-state index contributed by atoms with van der Waals surface area (Å²) in [5, 5.41) is 12.2. The highest BCUT2D eigenvalue weighted by molar-refractivity contribution is 5.66. The minimum absolute atomic E-state index is 0.222. The van der Waals surface area contributed by atoms with Crippen LogP contribution in [0.1, 0.15) is 20.8 Å². The summed E-state index contributed by atoms with van der Waals surface area (Å²) >= 11 is 0. The molecule has 4 nitrogen and oxygen atoms in total. The molecular formula is C10H19FN2O2. The van der Waals surface area contributed by atoms with Crippen LogP contribution in [-0.2, 0) is 0 Å². The number of alkyl halides is 1. The van der Waals surface area contributed by atoms with Crippen LogP contribution in [0.4, 0.5) is 9.18 Å². The lowest BCUT2D eigenvalue weighted by molar-refractivity contribution is 0.0582. The van der Waals surface area contributed by atoms with Gasteiger partial charge < -0.3 is 10.4 Å². The molecule has 1 saturated heterocycles. The minimum atomic E-state index is -0.977. The number of hydrogen-bond donors (Lipinski definition) is 2. The van der Waals surface area contributed by atoms with Gasteiger partial charge >= 0.3 is 6.09 Å². The van der Waals surface area contributed by atoms with Crippen LogP contribution in [0.15, 0.2) is 0 Å². The lowest BCUT2D eigenvalue weighted by Crippen LogP contribution is -2.54. The Morgan fingerprint density at radius 3 is 2.53 bits per heavy atom. The molecule has 2 atom stereocenters. The zero-order valence-electron chi connectivity index (χ0n) is 9.46. The van der Waals surface area contributed by atoms with Gasteiger partial charge in [-0.3, -0.25) is 9.29 Å². The van der Waals surface area contributed by atoms with Crippen molar-refractivity contribution >= 4 is 6.09 Å². The number of nitrogens with zero attached hydrogens (tertiary/aromatic N) is 1. The minimum Gasteiger partial charge on any atom is -0.465 e. The van der Waals surface area contributed by atoms with Crippen molar-refractivity contribution in [3.8, 4) is 0 Å². The van der Waals surface area contributed by atoms with Crippen molar-refractivity contribution in [3.05, 3.63) is 0 Å².